The zero-order valence-corrected chi connectivity index (χ0v) is 20.2. The zero-order chi connectivity index (χ0) is 22.0. The van der Waals surface area contributed by atoms with Gasteiger partial charge in [-0.05, 0) is 62.3 Å². The molecular weight excluding hydrogens is 376 g/mol. The van der Waals surface area contributed by atoms with Gasteiger partial charge in [-0.1, -0.05) is 39.5 Å². The fraction of sp³-hybridized carbons (Fsp3) is 0.560. The van der Waals surface area contributed by atoms with Crippen LogP contribution in [0.15, 0.2) is 47.7 Å². The minimum absolute atomic E-state index is 0.180. The second-order valence-corrected chi connectivity index (χ2v) is 10.0. The molecule has 1 aliphatic heterocycles. The molecule has 0 radical (unpaired) electrons. The molecule has 1 saturated heterocycles. The summed E-state index contributed by atoms with van der Waals surface area (Å²) in [5.41, 5.74) is 1.49. The van der Waals surface area contributed by atoms with Crippen LogP contribution in [0.2, 0.25) is 0 Å². The second kappa shape index (κ2) is 12.1. The number of aliphatic hydroxyl groups excluding tert-OH is 1. The highest BCUT2D eigenvalue weighted by atomic mass is 32.1. The average molecular weight is 417 g/mol. The zero-order valence-electron chi connectivity index (χ0n) is 19.4. The Morgan fingerprint density at radius 2 is 1.93 bits per heavy atom. The maximum Gasteiger partial charge on any atom is 0.0894 e. The number of rotatable bonds is 5. The first-order valence-corrected chi connectivity index (χ1v) is 11.3. The van der Waals surface area contributed by atoms with E-state index in [4.69, 9.17) is 0 Å². The molecule has 2 heterocycles. The first kappa shape index (κ1) is 25.4. The van der Waals surface area contributed by atoms with Gasteiger partial charge in [0, 0.05) is 48.6 Å². The van der Waals surface area contributed by atoms with Crippen LogP contribution < -0.4 is 0 Å². The van der Waals surface area contributed by atoms with Gasteiger partial charge in [-0.3, -0.25) is 9.89 Å². The van der Waals surface area contributed by atoms with Gasteiger partial charge in [-0.25, -0.2) is 0 Å². The summed E-state index contributed by atoms with van der Waals surface area (Å²) in [7, 11) is 1.79. The number of aliphatic hydroxyl groups is 1. The summed E-state index contributed by atoms with van der Waals surface area (Å²) in [5.74, 6) is 1.08. The molecule has 162 valence electrons. The molecule has 29 heavy (non-hydrogen) atoms. The van der Waals surface area contributed by atoms with Crippen LogP contribution in [0.4, 0.5) is 0 Å². The van der Waals surface area contributed by atoms with Crippen molar-refractivity contribution in [2.75, 3.05) is 20.1 Å². The Bertz CT molecular complexity index is 717. The van der Waals surface area contributed by atoms with Crippen LogP contribution >= 0.6 is 11.3 Å². The minimum Gasteiger partial charge on any atom is -0.513 e. The van der Waals surface area contributed by atoms with Crippen molar-refractivity contribution in [2.45, 2.75) is 54.5 Å². The molecule has 0 aromatic carbocycles. The lowest BCUT2D eigenvalue weighted by atomic mass is 9.73. The maximum absolute atomic E-state index is 9.97. The number of nitrogens with zero attached hydrogens (tertiary/aromatic N) is 2. The lowest BCUT2D eigenvalue weighted by Crippen LogP contribution is -2.44. The Morgan fingerprint density at radius 1 is 1.28 bits per heavy atom. The molecule has 0 spiro atoms. The summed E-state index contributed by atoms with van der Waals surface area (Å²) in [6.45, 7) is 19.7. The smallest absolute Gasteiger partial charge is 0.0894 e. The van der Waals surface area contributed by atoms with Gasteiger partial charge in [0.15, 0.2) is 0 Å². The number of hydrogen-bond donors (Lipinski definition) is 1. The molecule has 4 heteroatoms. The molecule has 2 rings (SSSR count). The van der Waals surface area contributed by atoms with Crippen LogP contribution in [0.25, 0.3) is 5.57 Å². The molecule has 1 fully saturated rings. The van der Waals surface area contributed by atoms with Gasteiger partial charge in [0.1, 0.15) is 0 Å². The Kier molecular flexibility index (Phi) is 10.6. The van der Waals surface area contributed by atoms with Crippen molar-refractivity contribution in [3.63, 3.8) is 0 Å². The van der Waals surface area contributed by atoms with Crippen LogP contribution in [0.1, 0.15) is 57.7 Å². The second-order valence-electron chi connectivity index (χ2n) is 8.87. The number of allylic oxidation sites excluding steroid dienone is 4. The molecular formula is C25H40N2OS. The van der Waals surface area contributed by atoms with Gasteiger partial charge < -0.3 is 5.11 Å². The van der Waals surface area contributed by atoms with Gasteiger partial charge in [-0.2, -0.15) is 0 Å². The lowest BCUT2D eigenvalue weighted by molar-refractivity contribution is 0.0563. The fourth-order valence-corrected chi connectivity index (χ4v) is 4.38. The summed E-state index contributed by atoms with van der Waals surface area (Å²) in [6, 6.07) is 4.42. The number of aliphatic imine (C=N–C) groups is 1. The van der Waals surface area contributed by atoms with Crippen molar-refractivity contribution in [3.8, 4) is 0 Å². The van der Waals surface area contributed by atoms with Crippen LogP contribution in [0.3, 0.4) is 0 Å². The van der Waals surface area contributed by atoms with Crippen molar-refractivity contribution in [2.24, 2.45) is 22.2 Å². The molecule has 0 aliphatic carbocycles. The standard InChI is InChI=1S/C21H32N2OS.C4H8/c1-15(9-10-22-6)20-8-7-19(25-20)14-23-12-17(16(2)24)11-18(13-23)21(3,4)5;1-3-4-2/h7-10,17-18,24H,2,11-14H2,1,3-6H3;3-4H,1-2H3/b15-9+,22-10?;4-3-. The molecule has 0 saturated carbocycles. The highest BCUT2D eigenvalue weighted by molar-refractivity contribution is 7.13. The van der Waals surface area contributed by atoms with Crippen molar-refractivity contribution >= 4 is 23.1 Å². The maximum atomic E-state index is 9.97. The van der Waals surface area contributed by atoms with Crippen molar-refractivity contribution < 1.29 is 5.11 Å². The summed E-state index contributed by atoms with van der Waals surface area (Å²) < 4.78 is 0. The Hall–Kier alpha value is -1.65. The highest BCUT2D eigenvalue weighted by Gasteiger charge is 2.35. The van der Waals surface area contributed by atoms with E-state index >= 15 is 0 Å². The Labute approximate surface area is 182 Å². The number of thiophene rings is 1. The van der Waals surface area contributed by atoms with E-state index in [0.717, 1.165) is 26.1 Å². The topological polar surface area (TPSA) is 35.8 Å². The van der Waals surface area contributed by atoms with Gasteiger partial charge in [0.05, 0.1) is 5.76 Å². The molecule has 1 aromatic rings. The summed E-state index contributed by atoms with van der Waals surface area (Å²) >= 11 is 1.85. The van der Waals surface area contributed by atoms with Crippen LogP contribution in [0, 0.1) is 17.3 Å². The van der Waals surface area contributed by atoms with E-state index in [1.54, 1.807) is 7.05 Å². The van der Waals surface area contributed by atoms with Gasteiger partial charge in [0.25, 0.3) is 0 Å². The fourth-order valence-electron chi connectivity index (χ4n) is 3.35. The predicted octanol–water partition coefficient (Wildman–Crippen LogP) is 6.99. The molecule has 2 atom stereocenters. The molecule has 2 unspecified atom stereocenters. The molecule has 1 N–H and O–H groups in total. The van der Waals surface area contributed by atoms with Crippen LogP contribution in [-0.2, 0) is 6.54 Å². The van der Waals surface area contributed by atoms with Crippen molar-refractivity contribution in [1.82, 2.24) is 4.90 Å². The summed E-state index contributed by atoms with van der Waals surface area (Å²) in [4.78, 5) is 9.16. The number of hydrogen-bond acceptors (Lipinski definition) is 4. The largest absolute Gasteiger partial charge is 0.513 e. The van der Waals surface area contributed by atoms with Gasteiger partial charge in [-0.15, -0.1) is 11.3 Å². The monoisotopic (exact) mass is 416 g/mol. The third kappa shape index (κ3) is 8.71. The Balaban J connectivity index is 0.000000960. The van der Waals surface area contributed by atoms with Gasteiger partial charge >= 0.3 is 0 Å². The van der Waals surface area contributed by atoms with E-state index in [0.29, 0.717) is 11.7 Å². The van der Waals surface area contributed by atoms with E-state index < -0.39 is 0 Å². The first-order chi connectivity index (χ1) is 13.6. The van der Waals surface area contributed by atoms with Crippen LogP contribution in [-0.4, -0.2) is 36.4 Å². The van der Waals surface area contributed by atoms with Crippen LogP contribution in [0.5, 0.6) is 0 Å². The molecule has 1 aliphatic rings. The summed E-state index contributed by atoms with van der Waals surface area (Å²) in [5, 5.41) is 9.97. The van der Waals surface area contributed by atoms with Crippen molar-refractivity contribution in [1.29, 1.82) is 0 Å². The lowest BCUT2D eigenvalue weighted by Gasteiger charge is -2.43. The molecule has 0 bridgehead atoms. The summed E-state index contributed by atoms with van der Waals surface area (Å²) in [6.07, 6.45) is 8.92. The average Bonchev–Trinajstić information content (AvgIpc) is 3.13. The van der Waals surface area contributed by atoms with E-state index in [1.807, 2.05) is 43.6 Å². The molecule has 1 aromatic heterocycles. The third-order valence-corrected chi connectivity index (χ3v) is 6.66. The minimum atomic E-state index is 0.180. The quantitative estimate of drug-likeness (QED) is 0.319. The SMILES string of the molecule is C/C=C\C.C=C(O)C1CC(C(C)(C)C)CN(Cc2ccc(/C(C)=C/C=NC)s2)C1. The third-order valence-electron chi connectivity index (χ3n) is 5.46. The van der Waals surface area contributed by atoms with E-state index in [2.05, 4.69) is 62.4 Å². The van der Waals surface area contributed by atoms with E-state index in [1.165, 1.54) is 15.3 Å². The normalized spacial score (nSPS) is 21.4. The van der Waals surface area contributed by atoms with Gasteiger partial charge in [0.2, 0.25) is 0 Å². The van der Waals surface area contributed by atoms with E-state index in [-0.39, 0.29) is 11.3 Å². The molecule has 3 nitrogen and oxygen atoms in total. The van der Waals surface area contributed by atoms with E-state index in [9.17, 15) is 5.11 Å². The van der Waals surface area contributed by atoms with Crippen molar-refractivity contribution in [3.05, 3.63) is 52.5 Å². The number of piperidine rings is 1. The molecule has 0 amide bonds. The Morgan fingerprint density at radius 3 is 2.45 bits per heavy atom. The number of likely N-dealkylation sites (tertiary alicyclic amines) is 1. The predicted molar refractivity (Wildman–Crippen MR) is 131 cm³/mol. The highest BCUT2D eigenvalue weighted by Crippen LogP contribution is 2.38. The first-order valence-electron chi connectivity index (χ1n) is 10.5.